The maximum atomic E-state index is 8.65. The van der Waals surface area contributed by atoms with Crippen LogP contribution in [0, 0.1) is 0 Å². The number of hydrogen-bond donors (Lipinski definition) is 2. The van der Waals surface area contributed by atoms with E-state index in [1.54, 1.807) is 0 Å². The molecule has 0 amide bonds. The summed E-state index contributed by atoms with van der Waals surface area (Å²) in [6, 6.07) is 0.314. The van der Waals surface area contributed by atoms with Crippen LogP contribution in [-0.4, -0.2) is 40.7 Å². The molecule has 76 valence electrons. The summed E-state index contributed by atoms with van der Waals surface area (Å²) in [5.41, 5.74) is 5.63. The van der Waals surface area contributed by atoms with Crippen molar-refractivity contribution in [2.24, 2.45) is 5.73 Å². The standard InChI is InChI=1S/C9H18N2OS/c10-9(13)8-4-3-6-11(8)5-1-2-7-12/h8,12H,1-7H2,(H2,10,13). The van der Waals surface area contributed by atoms with Gasteiger partial charge in [-0.25, -0.2) is 0 Å². The Morgan fingerprint density at radius 3 is 2.92 bits per heavy atom. The molecule has 0 radical (unpaired) electrons. The SMILES string of the molecule is NC(=S)C1CCCN1CCCCO. The van der Waals surface area contributed by atoms with E-state index in [4.69, 9.17) is 23.1 Å². The van der Waals surface area contributed by atoms with Crippen molar-refractivity contribution in [3.63, 3.8) is 0 Å². The highest BCUT2D eigenvalue weighted by molar-refractivity contribution is 7.80. The number of unbranched alkanes of at least 4 members (excludes halogenated alkanes) is 1. The fourth-order valence-electron chi connectivity index (χ4n) is 1.84. The molecule has 3 nitrogen and oxygen atoms in total. The zero-order valence-corrected chi connectivity index (χ0v) is 8.72. The van der Waals surface area contributed by atoms with Gasteiger partial charge in [0.25, 0.3) is 0 Å². The van der Waals surface area contributed by atoms with Gasteiger partial charge in [-0.05, 0) is 38.8 Å². The van der Waals surface area contributed by atoms with Gasteiger partial charge in [0.05, 0.1) is 11.0 Å². The highest BCUT2D eigenvalue weighted by Gasteiger charge is 2.25. The third-order valence-corrected chi connectivity index (χ3v) is 2.82. The van der Waals surface area contributed by atoms with Gasteiger partial charge in [-0.15, -0.1) is 0 Å². The van der Waals surface area contributed by atoms with Crippen molar-refractivity contribution in [1.82, 2.24) is 4.90 Å². The summed E-state index contributed by atoms with van der Waals surface area (Å²) in [5, 5.41) is 8.65. The summed E-state index contributed by atoms with van der Waals surface area (Å²) in [6.07, 6.45) is 4.21. The third kappa shape index (κ3) is 3.21. The van der Waals surface area contributed by atoms with Crippen molar-refractivity contribution in [3.8, 4) is 0 Å². The second-order valence-electron chi connectivity index (χ2n) is 3.53. The second kappa shape index (κ2) is 5.52. The van der Waals surface area contributed by atoms with Gasteiger partial charge in [-0.3, -0.25) is 4.90 Å². The number of rotatable bonds is 5. The molecule has 0 spiro atoms. The third-order valence-electron chi connectivity index (χ3n) is 2.55. The molecule has 1 aliphatic heterocycles. The first-order valence-corrected chi connectivity index (χ1v) is 5.30. The van der Waals surface area contributed by atoms with Gasteiger partial charge in [0.2, 0.25) is 0 Å². The molecule has 13 heavy (non-hydrogen) atoms. The predicted molar refractivity (Wildman–Crippen MR) is 57.7 cm³/mol. The van der Waals surface area contributed by atoms with Crippen molar-refractivity contribution < 1.29 is 5.11 Å². The average molecular weight is 202 g/mol. The van der Waals surface area contributed by atoms with Gasteiger partial charge < -0.3 is 10.8 Å². The lowest BCUT2D eigenvalue weighted by Crippen LogP contribution is -2.39. The fourth-order valence-corrected chi connectivity index (χ4v) is 2.11. The van der Waals surface area contributed by atoms with Gasteiger partial charge in [0.1, 0.15) is 0 Å². The number of aliphatic hydroxyl groups excluding tert-OH is 1. The number of nitrogens with two attached hydrogens (primary N) is 1. The first-order chi connectivity index (χ1) is 6.25. The van der Waals surface area contributed by atoms with E-state index in [2.05, 4.69) is 4.90 Å². The molecule has 1 heterocycles. The Bertz CT molecular complexity index is 175. The molecule has 4 heteroatoms. The monoisotopic (exact) mass is 202 g/mol. The number of likely N-dealkylation sites (tertiary alicyclic amines) is 1. The number of hydrogen-bond acceptors (Lipinski definition) is 3. The molecular weight excluding hydrogens is 184 g/mol. The molecule has 0 aromatic heterocycles. The molecule has 1 unspecified atom stereocenters. The zero-order chi connectivity index (χ0) is 9.68. The Morgan fingerprint density at radius 2 is 2.31 bits per heavy atom. The Labute approximate surface area is 84.9 Å². The summed E-state index contributed by atoms with van der Waals surface area (Å²) in [5.74, 6) is 0. The van der Waals surface area contributed by atoms with Crippen LogP contribution in [0.3, 0.4) is 0 Å². The molecule has 1 atom stereocenters. The smallest absolute Gasteiger partial charge is 0.0902 e. The fraction of sp³-hybridized carbons (Fsp3) is 0.889. The first-order valence-electron chi connectivity index (χ1n) is 4.90. The number of thiocarbonyl (C=S) groups is 1. The molecule has 0 bridgehead atoms. The van der Waals surface area contributed by atoms with Crippen LogP contribution in [0.25, 0.3) is 0 Å². The van der Waals surface area contributed by atoms with Crippen molar-refractivity contribution in [3.05, 3.63) is 0 Å². The number of nitrogens with zero attached hydrogens (tertiary/aromatic N) is 1. The molecule has 1 fully saturated rings. The Hall–Kier alpha value is -0.190. The van der Waals surface area contributed by atoms with Crippen molar-refractivity contribution in [2.45, 2.75) is 31.7 Å². The minimum absolute atomic E-state index is 0.283. The minimum Gasteiger partial charge on any atom is -0.396 e. The van der Waals surface area contributed by atoms with Crippen LogP contribution in [-0.2, 0) is 0 Å². The normalized spacial score (nSPS) is 23.6. The van der Waals surface area contributed by atoms with E-state index >= 15 is 0 Å². The summed E-state index contributed by atoms with van der Waals surface area (Å²) >= 11 is 5.00. The molecule has 1 saturated heterocycles. The predicted octanol–water partition coefficient (Wildman–Crippen LogP) is 0.509. The highest BCUT2D eigenvalue weighted by atomic mass is 32.1. The Kier molecular flexibility index (Phi) is 4.62. The van der Waals surface area contributed by atoms with Crippen molar-refractivity contribution in [2.75, 3.05) is 19.7 Å². The molecule has 0 aliphatic carbocycles. The van der Waals surface area contributed by atoms with Crippen molar-refractivity contribution in [1.29, 1.82) is 0 Å². The quantitative estimate of drug-likeness (QED) is 0.504. The van der Waals surface area contributed by atoms with Gasteiger partial charge in [-0.1, -0.05) is 12.2 Å². The maximum absolute atomic E-state index is 8.65. The summed E-state index contributed by atoms with van der Waals surface area (Å²) in [4.78, 5) is 2.96. The van der Waals surface area contributed by atoms with Crippen LogP contribution in [0.1, 0.15) is 25.7 Å². The topological polar surface area (TPSA) is 49.5 Å². The molecule has 0 saturated carbocycles. The van der Waals surface area contributed by atoms with Gasteiger partial charge in [0.15, 0.2) is 0 Å². The van der Waals surface area contributed by atoms with Crippen LogP contribution < -0.4 is 5.73 Å². The molecule has 1 rings (SSSR count). The summed E-state index contributed by atoms with van der Waals surface area (Å²) in [7, 11) is 0. The molecular formula is C9H18N2OS. The summed E-state index contributed by atoms with van der Waals surface area (Å²) in [6.45, 7) is 2.40. The van der Waals surface area contributed by atoms with Crippen LogP contribution in [0.15, 0.2) is 0 Å². The van der Waals surface area contributed by atoms with Gasteiger partial charge in [0, 0.05) is 6.61 Å². The largest absolute Gasteiger partial charge is 0.396 e. The molecule has 0 aromatic carbocycles. The average Bonchev–Trinajstić information content (AvgIpc) is 2.53. The summed E-state index contributed by atoms with van der Waals surface area (Å²) < 4.78 is 0. The van der Waals surface area contributed by atoms with E-state index in [9.17, 15) is 0 Å². The van der Waals surface area contributed by atoms with Gasteiger partial charge in [-0.2, -0.15) is 0 Å². The van der Waals surface area contributed by atoms with Crippen LogP contribution in [0.4, 0.5) is 0 Å². The molecule has 3 N–H and O–H groups in total. The van der Waals surface area contributed by atoms with Crippen molar-refractivity contribution >= 4 is 17.2 Å². The van der Waals surface area contributed by atoms with E-state index in [0.29, 0.717) is 11.0 Å². The van der Waals surface area contributed by atoms with Crippen LogP contribution in [0.5, 0.6) is 0 Å². The van der Waals surface area contributed by atoms with E-state index < -0.39 is 0 Å². The van der Waals surface area contributed by atoms with E-state index in [-0.39, 0.29) is 6.61 Å². The number of aliphatic hydroxyl groups is 1. The molecule has 0 aromatic rings. The van der Waals surface area contributed by atoms with Crippen LogP contribution in [0.2, 0.25) is 0 Å². The second-order valence-corrected chi connectivity index (χ2v) is 4.00. The highest BCUT2D eigenvalue weighted by Crippen LogP contribution is 2.17. The minimum atomic E-state index is 0.283. The van der Waals surface area contributed by atoms with Gasteiger partial charge >= 0.3 is 0 Å². The lowest BCUT2D eigenvalue weighted by Gasteiger charge is -2.22. The lowest BCUT2D eigenvalue weighted by atomic mass is 10.2. The van der Waals surface area contributed by atoms with E-state index in [1.807, 2.05) is 0 Å². The van der Waals surface area contributed by atoms with Crippen LogP contribution >= 0.6 is 12.2 Å². The maximum Gasteiger partial charge on any atom is 0.0902 e. The van der Waals surface area contributed by atoms with E-state index in [1.165, 1.54) is 6.42 Å². The lowest BCUT2D eigenvalue weighted by molar-refractivity contribution is 0.254. The Morgan fingerprint density at radius 1 is 1.54 bits per heavy atom. The zero-order valence-electron chi connectivity index (χ0n) is 7.91. The van der Waals surface area contributed by atoms with E-state index in [0.717, 1.165) is 32.4 Å². The molecule has 1 aliphatic rings. The Balaban J connectivity index is 2.27. The first kappa shape index (κ1) is 10.9.